The zero-order chi connectivity index (χ0) is 19.8. The van der Waals surface area contributed by atoms with Crippen LogP contribution in [0.25, 0.3) is 6.08 Å². The SMILES string of the molecule is COc1ccc(/C=C/C(=O)NCC(c2ccccc2Cl)N(C)C)cc1OC. The Kier molecular flexibility index (Phi) is 7.70. The second kappa shape index (κ2) is 10.00. The molecule has 1 atom stereocenters. The van der Waals surface area contributed by atoms with Crippen molar-refractivity contribution in [2.45, 2.75) is 6.04 Å². The molecule has 0 fully saturated rings. The summed E-state index contributed by atoms with van der Waals surface area (Å²) in [6.07, 6.45) is 3.23. The third kappa shape index (κ3) is 5.74. The quantitative estimate of drug-likeness (QED) is 0.699. The highest BCUT2D eigenvalue weighted by Crippen LogP contribution is 2.28. The van der Waals surface area contributed by atoms with Crippen molar-refractivity contribution in [3.63, 3.8) is 0 Å². The normalized spacial score (nSPS) is 12.2. The summed E-state index contributed by atoms with van der Waals surface area (Å²) >= 11 is 6.30. The molecule has 2 aromatic rings. The van der Waals surface area contributed by atoms with Crippen LogP contribution in [0, 0.1) is 0 Å². The second-order valence-electron chi connectivity index (χ2n) is 6.19. The van der Waals surface area contributed by atoms with Gasteiger partial charge in [-0.25, -0.2) is 0 Å². The second-order valence-corrected chi connectivity index (χ2v) is 6.60. The fourth-order valence-electron chi connectivity index (χ4n) is 2.70. The molecular weight excluding hydrogens is 364 g/mol. The van der Waals surface area contributed by atoms with Crippen molar-refractivity contribution in [2.75, 3.05) is 34.9 Å². The minimum Gasteiger partial charge on any atom is -0.493 e. The van der Waals surface area contributed by atoms with Crippen LogP contribution in [0.4, 0.5) is 0 Å². The fourth-order valence-corrected chi connectivity index (χ4v) is 2.96. The van der Waals surface area contributed by atoms with E-state index in [0.717, 1.165) is 11.1 Å². The van der Waals surface area contributed by atoms with Crippen LogP contribution in [-0.4, -0.2) is 45.7 Å². The molecule has 0 aromatic heterocycles. The number of carbonyl (C=O) groups is 1. The third-order valence-electron chi connectivity index (χ3n) is 4.19. The van der Waals surface area contributed by atoms with Crippen LogP contribution >= 0.6 is 11.6 Å². The number of rotatable bonds is 8. The molecule has 2 rings (SSSR count). The van der Waals surface area contributed by atoms with E-state index in [4.69, 9.17) is 21.1 Å². The number of nitrogens with one attached hydrogen (secondary N) is 1. The van der Waals surface area contributed by atoms with E-state index in [2.05, 4.69) is 5.32 Å². The van der Waals surface area contributed by atoms with Crippen molar-refractivity contribution in [1.82, 2.24) is 10.2 Å². The Labute approximate surface area is 165 Å². The Morgan fingerprint density at radius 1 is 1.15 bits per heavy atom. The molecule has 27 heavy (non-hydrogen) atoms. The Hall–Kier alpha value is -2.50. The largest absolute Gasteiger partial charge is 0.493 e. The minimum atomic E-state index is -0.177. The Bertz CT molecular complexity index is 806. The maximum Gasteiger partial charge on any atom is 0.244 e. The van der Waals surface area contributed by atoms with Gasteiger partial charge in [-0.15, -0.1) is 0 Å². The Balaban J connectivity index is 2.02. The number of amides is 1. The van der Waals surface area contributed by atoms with E-state index in [1.165, 1.54) is 6.08 Å². The van der Waals surface area contributed by atoms with Gasteiger partial charge in [0.05, 0.1) is 20.3 Å². The van der Waals surface area contributed by atoms with E-state index >= 15 is 0 Å². The number of carbonyl (C=O) groups excluding carboxylic acids is 1. The maximum atomic E-state index is 12.2. The molecule has 0 aliphatic carbocycles. The van der Waals surface area contributed by atoms with E-state index in [9.17, 15) is 4.79 Å². The first-order chi connectivity index (χ1) is 13.0. The van der Waals surface area contributed by atoms with Crippen LogP contribution < -0.4 is 14.8 Å². The zero-order valence-corrected chi connectivity index (χ0v) is 16.8. The molecule has 0 radical (unpaired) electrons. The first-order valence-corrected chi connectivity index (χ1v) is 8.92. The van der Waals surface area contributed by atoms with Crippen molar-refractivity contribution in [2.24, 2.45) is 0 Å². The summed E-state index contributed by atoms with van der Waals surface area (Å²) in [5, 5.41) is 3.62. The molecule has 5 nitrogen and oxygen atoms in total. The van der Waals surface area contributed by atoms with E-state index in [1.54, 1.807) is 26.4 Å². The highest BCUT2D eigenvalue weighted by atomic mass is 35.5. The number of likely N-dealkylation sites (N-methyl/N-ethyl adjacent to an activating group) is 1. The van der Waals surface area contributed by atoms with Gasteiger partial charge in [-0.2, -0.15) is 0 Å². The van der Waals surface area contributed by atoms with E-state index in [-0.39, 0.29) is 11.9 Å². The van der Waals surface area contributed by atoms with Gasteiger partial charge in [-0.05, 0) is 49.5 Å². The van der Waals surface area contributed by atoms with E-state index in [1.807, 2.05) is 55.4 Å². The Morgan fingerprint density at radius 2 is 1.85 bits per heavy atom. The van der Waals surface area contributed by atoms with Crippen molar-refractivity contribution in [1.29, 1.82) is 0 Å². The van der Waals surface area contributed by atoms with Gasteiger partial charge in [0.1, 0.15) is 0 Å². The van der Waals surface area contributed by atoms with Crippen LogP contribution in [0.5, 0.6) is 11.5 Å². The molecule has 0 saturated heterocycles. The zero-order valence-electron chi connectivity index (χ0n) is 16.0. The summed E-state index contributed by atoms with van der Waals surface area (Å²) in [4.78, 5) is 14.3. The van der Waals surface area contributed by atoms with Crippen molar-refractivity contribution < 1.29 is 14.3 Å². The first kappa shape index (κ1) is 20.8. The molecular formula is C21H25ClN2O3. The van der Waals surface area contributed by atoms with Crippen LogP contribution in [0.3, 0.4) is 0 Å². The predicted molar refractivity (Wildman–Crippen MR) is 109 cm³/mol. The summed E-state index contributed by atoms with van der Waals surface area (Å²) < 4.78 is 10.5. The lowest BCUT2D eigenvalue weighted by atomic mass is 10.1. The number of hydrogen-bond donors (Lipinski definition) is 1. The molecule has 0 heterocycles. The van der Waals surface area contributed by atoms with Crippen molar-refractivity contribution >= 4 is 23.6 Å². The lowest BCUT2D eigenvalue weighted by Crippen LogP contribution is -2.33. The molecule has 6 heteroatoms. The third-order valence-corrected chi connectivity index (χ3v) is 4.54. The van der Waals surface area contributed by atoms with Crippen LogP contribution in [0.1, 0.15) is 17.2 Å². The van der Waals surface area contributed by atoms with Gasteiger partial charge in [0, 0.05) is 17.6 Å². The van der Waals surface area contributed by atoms with Crippen molar-refractivity contribution in [3.8, 4) is 11.5 Å². The van der Waals surface area contributed by atoms with Gasteiger partial charge >= 0.3 is 0 Å². The van der Waals surface area contributed by atoms with Gasteiger partial charge in [-0.3, -0.25) is 4.79 Å². The number of methoxy groups -OCH3 is 2. The molecule has 1 amide bonds. The lowest BCUT2D eigenvalue weighted by Gasteiger charge is -2.25. The first-order valence-electron chi connectivity index (χ1n) is 8.55. The number of ether oxygens (including phenoxy) is 2. The molecule has 0 aliphatic heterocycles. The average Bonchev–Trinajstić information content (AvgIpc) is 2.67. The molecule has 1 unspecified atom stereocenters. The molecule has 0 bridgehead atoms. The van der Waals surface area contributed by atoms with Gasteiger partial charge in [0.2, 0.25) is 5.91 Å². The highest BCUT2D eigenvalue weighted by molar-refractivity contribution is 6.31. The summed E-state index contributed by atoms with van der Waals surface area (Å²) in [7, 11) is 7.08. The summed E-state index contributed by atoms with van der Waals surface area (Å²) in [6.45, 7) is 0.450. The minimum absolute atomic E-state index is 0.0165. The molecule has 0 saturated carbocycles. The standard InChI is InChI=1S/C21H25ClN2O3/c1-24(2)18(16-7-5-6-8-17(16)22)14-23-21(25)12-10-15-9-11-19(26-3)20(13-15)27-4/h5-13,18H,14H2,1-4H3,(H,23,25)/b12-10+. The lowest BCUT2D eigenvalue weighted by molar-refractivity contribution is -0.116. The van der Waals surface area contributed by atoms with Crippen LogP contribution in [-0.2, 0) is 4.79 Å². The number of nitrogens with zero attached hydrogens (tertiary/aromatic N) is 1. The molecule has 0 spiro atoms. The Morgan fingerprint density at radius 3 is 2.48 bits per heavy atom. The molecule has 0 aliphatic rings. The summed E-state index contributed by atoms with van der Waals surface area (Å²) in [5.41, 5.74) is 1.83. The number of benzene rings is 2. The van der Waals surface area contributed by atoms with E-state index < -0.39 is 0 Å². The summed E-state index contributed by atoms with van der Waals surface area (Å²) in [5.74, 6) is 1.09. The highest BCUT2D eigenvalue weighted by Gasteiger charge is 2.17. The van der Waals surface area contributed by atoms with Gasteiger partial charge < -0.3 is 19.7 Å². The van der Waals surface area contributed by atoms with Gasteiger partial charge in [0.25, 0.3) is 0 Å². The number of halogens is 1. The molecule has 2 aromatic carbocycles. The number of hydrogen-bond acceptors (Lipinski definition) is 4. The fraction of sp³-hybridized carbons (Fsp3) is 0.286. The van der Waals surface area contributed by atoms with Crippen LogP contribution in [0.2, 0.25) is 5.02 Å². The maximum absolute atomic E-state index is 12.2. The topological polar surface area (TPSA) is 50.8 Å². The molecule has 144 valence electrons. The molecule has 1 N–H and O–H groups in total. The van der Waals surface area contributed by atoms with Gasteiger partial charge in [0.15, 0.2) is 11.5 Å². The predicted octanol–water partition coefficient (Wildman–Crippen LogP) is 3.79. The monoisotopic (exact) mass is 388 g/mol. The average molecular weight is 389 g/mol. The van der Waals surface area contributed by atoms with E-state index in [0.29, 0.717) is 23.1 Å². The smallest absolute Gasteiger partial charge is 0.244 e. The summed E-state index contributed by atoms with van der Waals surface area (Å²) in [6, 6.07) is 13.1. The van der Waals surface area contributed by atoms with Crippen molar-refractivity contribution in [3.05, 3.63) is 64.7 Å². The van der Waals surface area contributed by atoms with Gasteiger partial charge in [-0.1, -0.05) is 35.9 Å². The van der Waals surface area contributed by atoms with Crippen LogP contribution in [0.15, 0.2) is 48.5 Å².